The first-order valence-corrected chi connectivity index (χ1v) is 7.39. The first kappa shape index (κ1) is 14.8. The Labute approximate surface area is 132 Å². The van der Waals surface area contributed by atoms with Crippen molar-refractivity contribution < 1.29 is 19.1 Å². The number of carbonyl (C=O) groups is 3. The van der Waals surface area contributed by atoms with Crippen LogP contribution in [0.25, 0.3) is 0 Å². The first-order valence-electron chi connectivity index (χ1n) is 7.01. The van der Waals surface area contributed by atoms with Gasteiger partial charge in [-0.2, -0.15) is 0 Å². The third-order valence-corrected chi connectivity index (χ3v) is 4.30. The van der Waals surface area contributed by atoms with Gasteiger partial charge in [0.1, 0.15) is 12.6 Å². The fourth-order valence-corrected chi connectivity index (χ4v) is 3.15. The van der Waals surface area contributed by atoms with Crippen LogP contribution in [0.3, 0.4) is 0 Å². The van der Waals surface area contributed by atoms with E-state index in [4.69, 9.17) is 11.6 Å². The van der Waals surface area contributed by atoms with Crippen LogP contribution in [-0.2, 0) is 14.3 Å². The van der Waals surface area contributed by atoms with Crippen molar-refractivity contribution in [1.29, 1.82) is 0 Å². The van der Waals surface area contributed by atoms with E-state index in [-0.39, 0.29) is 18.4 Å². The van der Waals surface area contributed by atoms with Crippen molar-refractivity contribution in [2.45, 2.75) is 18.9 Å². The molecule has 1 saturated heterocycles. The largest absolute Gasteiger partial charge is 0.468 e. The zero-order valence-electron chi connectivity index (χ0n) is 12.0. The summed E-state index contributed by atoms with van der Waals surface area (Å²) in [6.07, 6.45) is 1.38. The number of ether oxygens (including phenoxy) is 1. The van der Waals surface area contributed by atoms with Crippen molar-refractivity contribution in [3.05, 3.63) is 28.8 Å². The van der Waals surface area contributed by atoms with E-state index in [1.165, 1.54) is 18.1 Å². The highest BCUT2D eigenvalue weighted by molar-refractivity contribution is 6.31. The molecular formula is C15H15ClN2O4. The second kappa shape index (κ2) is 5.61. The molecule has 3 rings (SSSR count). The van der Waals surface area contributed by atoms with E-state index in [1.54, 1.807) is 17.0 Å². The van der Waals surface area contributed by atoms with Gasteiger partial charge in [0.15, 0.2) is 0 Å². The molecule has 116 valence electrons. The van der Waals surface area contributed by atoms with Crippen LogP contribution in [0.5, 0.6) is 0 Å². The maximum Gasteiger partial charge on any atom is 0.325 e. The van der Waals surface area contributed by atoms with Crippen LogP contribution < -0.4 is 4.90 Å². The van der Waals surface area contributed by atoms with Crippen LogP contribution in [0.1, 0.15) is 23.2 Å². The standard InChI is InChI=1S/C15H15ClN2O4/c1-22-13(19)8-18-12-7-9(16)4-5-10(12)14(20)17-6-2-3-11(17)15(18)21/h4-5,7,11H,2-3,6,8H2,1H3. The number of amides is 2. The Kier molecular flexibility index (Phi) is 3.78. The Morgan fingerprint density at radius 2 is 2.18 bits per heavy atom. The van der Waals surface area contributed by atoms with Gasteiger partial charge in [-0.05, 0) is 31.0 Å². The quantitative estimate of drug-likeness (QED) is 0.773. The lowest BCUT2D eigenvalue weighted by molar-refractivity contribution is -0.140. The van der Waals surface area contributed by atoms with E-state index in [0.29, 0.717) is 29.2 Å². The summed E-state index contributed by atoms with van der Waals surface area (Å²) in [5.41, 5.74) is 0.744. The lowest BCUT2D eigenvalue weighted by atomic mass is 10.1. The van der Waals surface area contributed by atoms with Gasteiger partial charge in [0.25, 0.3) is 5.91 Å². The van der Waals surface area contributed by atoms with Gasteiger partial charge in [-0.25, -0.2) is 0 Å². The highest BCUT2D eigenvalue weighted by atomic mass is 35.5. The van der Waals surface area contributed by atoms with Crippen molar-refractivity contribution >= 4 is 35.1 Å². The number of carbonyl (C=O) groups excluding carboxylic acids is 3. The van der Waals surface area contributed by atoms with Gasteiger partial charge in [0, 0.05) is 11.6 Å². The van der Waals surface area contributed by atoms with E-state index < -0.39 is 12.0 Å². The molecule has 1 atom stereocenters. The third-order valence-electron chi connectivity index (χ3n) is 4.06. The molecule has 2 heterocycles. The second-order valence-electron chi connectivity index (χ2n) is 5.32. The molecule has 6 nitrogen and oxygen atoms in total. The number of rotatable bonds is 2. The van der Waals surface area contributed by atoms with Crippen LogP contribution in [0, 0.1) is 0 Å². The fraction of sp³-hybridized carbons (Fsp3) is 0.400. The summed E-state index contributed by atoms with van der Waals surface area (Å²) in [6, 6.07) is 4.22. The van der Waals surface area contributed by atoms with Gasteiger partial charge in [-0.15, -0.1) is 0 Å². The van der Waals surface area contributed by atoms with Crippen LogP contribution in [-0.4, -0.2) is 48.9 Å². The number of nitrogens with zero attached hydrogens (tertiary/aromatic N) is 2. The molecule has 0 saturated carbocycles. The molecule has 1 aromatic rings. The van der Waals surface area contributed by atoms with Crippen molar-refractivity contribution in [3.8, 4) is 0 Å². The van der Waals surface area contributed by atoms with E-state index in [9.17, 15) is 14.4 Å². The number of hydrogen-bond acceptors (Lipinski definition) is 4. The summed E-state index contributed by atoms with van der Waals surface area (Å²) in [4.78, 5) is 40.0. The molecule has 0 aromatic heterocycles. The minimum atomic E-state index is -0.543. The van der Waals surface area contributed by atoms with E-state index in [2.05, 4.69) is 4.74 Å². The summed E-state index contributed by atoms with van der Waals surface area (Å²) in [6.45, 7) is 0.309. The van der Waals surface area contributed by atoms with Crippen molar-refractivity contribution in [3.63, 3.8) is 0 Å². The molecule has 22 heavy (non-hydrogen) atoms. The average Bonchev–Trinajstić information content (AvgIpc) is 2.97. The lowest BCUT2D eigenvalue weighted by Crippen LogP contribution is -2.46. The first-order chi connectivity index (χ1) is 10.5. The molecule has 0 radical (unpaired) electrons. The third kappa shape index (κ3) is 2.33. The molecule has 1 aromatic carbocycles. The van der Waals surface area contributed by atoms with Gasteiger partial charge >= 0.3 is 5.97 Å². The predicted octanol–water partition coefficient (Wildman–Crippen LogP) is 1.46. The fourth-order valence-electron chi connectivity index (χ4n) is 2.99. The van der Waals surface area contributed by atoms with Crippen molar-refractivity contribution in [2.75, 3.05) is 25.1 Å². The van der Waals surface area contributed by atoms with E-state index in [0.717, 1.165) is 6.42 Å². The van der Waals surface area contributed by atoms with Gasteiger partial charge in [0.2, 0.25) is 5.91 Å². The highest BCUT2D eigenvalue weighted by Gasteiger charge is 2.42. The Morgan fingerprint density at radius 3 is 2.91 bits per heavy atom. The number of fused-ring (bicyclic) bond motifs is 2. The topological polar surface area (TPSA) is 66.9 Å². The molecule has 1 unspecified atom stereocenters. The van der Waals surface area contributed by atoms with Crippen molar-refractivity contribution in [1.82, 2.24) is 4.90 Å². The summed E-state index contributed by atoms with van der Waals surface area (Å²) in [7, 11) is 1.26. The summed E-state index contributed by atoms with van der Waals surface area (Å²) < 4.78 is 4.66. The predicted molar refractivity (Wildman–Crippen MR) is 79.9 cm³/mol. The minimum Gasteiger partial charge on any atom is -0.468 e. The lowest BCUT2D eigenvalue weighted by Gasteiger charge is -2.24. The number of anilines is 1. The molecule has 1 fully saturated rings. The molecule has 2 aliphatic heterocycles. The smallest absolute Gasteiger partial charge is 0.325 e. The maximum absolute atomic E-state index is 12.8. The van der Waals surface area contributed by atoms with Gasteiger partial charge in [0.05, 0.1) is 18.4 Å². The van der Waals surface area contributed by atoms with Crippen LogP contribution in [0.4, 0.5) is 5.69 Å². The SMILES string of the molecule is COC(=O)CN1C(=O)C2CCCN2C(=O)c2ccc(Cl)cc21. The number of halogens is 1. The molecule has 2 aliphatic rings. The molecule has 2 amide bonds. The molecule has 0 N–H and O–H groups in total. The summed E-state index contributed by atoms with van der Waals surface area (Å²) >= 11 is 6.00. The average molecular weight is 323 g/mol. The zero-order chi connectivity index (χ0) is 15.9. The summed E-state index contributed by atoms with van der Waals surface area (Å²) in [5, 5.41) is 0.399. The Hall–Kier alpha value is -2.08. The number of hydrogen-bond donors (Lipinski definition) is 0. The van der Waals surface area contributed by atoms with E-state index in [1.807, 2.05) is 0 Å². The molecule has 0 aliphatic carbocycles. The number of methoxy groups -OCH3 is 1. The Balaban J connectivity index is 2.12. The van der Waals surface area contributed by atoms with Crippen LogP contribution >= 0.6 is 11.6 Å². The van der Waals surface area contributed by atoms with Gasteiger partial charge < -0.3 is 9.64 Å². The second-order valence-corrected chi connectivity index (χ2v) is 5.75. The molecule has 0 bridgehead atoms. The maximum atomic E-state index is 12.8. The minimum absolute atomic E-state index is 0.199. The molecule has 0 spiro atoms. The van der Waals surface area contributed by atoms with Gasteiger partial charge in [-0.3, -0.25) is 19.3 Å². The normalized spacial score (nSPS) is 20.5. The zero-order valence-corrected chi connectivity index (χ0v) is 12.8. The van der Waals surface area contributed by atoms with Crippen LogP contribution in [0.2, 0.25) is 5.02 Å². The summed E-state index contributed by atoms with van der Waals surface area (Å²) in [5.74, 6) is -1.01. The van der Waals surface area contributed by atoms with Crippen molar-refractivity contribution in [2.24, 2.45) is 0 Å². The molecule has 7 heteroatoms. The number of benzene rings is 1. The molecular weight excluding hydrogens is 308 g/mol. The Morgan fingerprint density at radius 1 is 1.41 bits per heavy atom. The number of esters is 1. The monoisotopic (exact) mass is 322 g/mol. The highest BCUT2D eigenvalue weighted by Crippen LogP contribution is 2.34. The Bertz CT molecular complexity index is 661. The van der Waals surface area contributed by atoms with Gasteiger partial charge in [-0.1, -0.05) is 11.6 Å². The van der Waals surface area contributed by atoms with E-state index >= 15 is 0 Å². The van der Waals surface area contributed by atoms with Crippen LogP contribution in [0.15, 0.2) is 18.2 Å².